The minimum absolute atomic E-state index is 0.375. The molecule has 3 aliphatic rings. The zero-order chi connectivity index (χ0) is 14.3. The molecule has 2 heterocycles. The van der Waals surface area contributed by atoms with Crippen molar-refractivity contribution in [2.24, 2.45) is 11.3 Å². The number of aryl methyl sites for hydroxylation is 2. The van der Waals surface area contributed by atoms with Gasteiger partial charge in [-0.1, -0.05) is 0 Å². The van der Waals surface area contributed by atoms with Gasteiger partial charge in [0.1, 0.15) is 0 Å². The fourth-order valence-corrected chi connectivity index (χ4v) is 4.63. The molecule has 1 aromatic heterocycles. The number of ether oxygens (including phenoxy) is 1. The lowest BCUT2D eigenvalue weighted by Gasteiger charge is -2.35. The summed E-state index contributed by atoms with van der Waals surface area (Å²) in [7, 11) is 0. The summed E-state index contributed by atoms with van der Waals surface area (Å²) in [6, 6.07) is 0.799. The average Bonchev–Trinajstić information content (AvgIpc) is 3.41. The van der Waals surface area contributed by atoms with E-state index in [-0.39, 0.29) is 0 Å². The van der Waals surface area contributed by atoms with Gasteiger partial charge in [-0.05, 0) is 57.8 Å². The van der Waals surface area contributed by atoms with E-state index in [1.807, 2.05) is 16.8 Å². The van der Waals surface area contributed by atoms with E-state index in [2.05, 4.69) is 17.2 Å². The van der Waals surface area contributed by atoms with Crippen molar-refractivity contribution in [3.8, 4) is 0 Å². The Balaban J connectivity index is 1.46. The summed E-state index contributed by atoms with van der Waals surface area (Å²) in [6.45, 7) is 4.27. The molecular formula is C17H26N2OS. The average molecular weight is 306 g/mol. The Bertz CT molecular complexity index is 495. The van der Waals surface area contributed by atoms with Gasteiger partial charge in [-0.15, -0.1) is 11.3 Å². The van der Waals surface area contributed by atoms with E-state index < -0.39 is 0 Å². The van der Waals surface area contributed by atoms with Gasteiger partial charge in [-0.3, -0.25) is 0 Å². The van der Waals surface area contributed by atoms with Crippen molar-refractivity contribution >= 4 is 11.3 Å². The van der Waals surface area contributed by atoms with E-state index in [0.29, 0.717) is 11.5 Å². The van der Waals surface area contributed by atoms with Gasteiger partial charge in [0.15, 0.2) is 0 Å². The van der Waals surface area contributed by atoms with Gasteiger partial charge in [-0.25, -0.2) is 4.98 Å². The Morgan fingerprint density at radius 2 is 2.24 bits per heavy atom. The molecule has 0 bridgehead atoms. The third kappa shape index (κ3) is 3.03. The molecule has 1 N–H and O–H groups in total. The van der Waals surface area contributed by atoms with Crippen LogP contribution in [0, 0.1) is 18.3 Å². The van der Waals surface area contributed by atoms with E-state index in [1.165, 1.54) is 55.5 Å². The lowest BCUT2D eigenvalue weighted by atomic mass is 9.74. The van der Waals surface area contributed by atoms with Gasteiger partial charge in [0.25, 0.3) is 0 Å². The Morgan fingerprint density at radius 1 is 1.38 bits per heavy atom. The summed E-state index contributed by atoms with van der Waals surface area (Å²) in [6.07, 6.45) is 9.71. The third-order valence-electron chi connectivity index (χ3n) is 5.57. The van der Waals surface area contributed by atoms with Crippen LogP contribution in [0.15, 0.2) is 5.51 Å². The highest BCUT2D eigenvalue weighted by Gasteiger charge is 2.50. The molecule has 0 radical (unpaired) electrons. The summed E-state index contributed by atoms with van der Waals surface area (Å²) < 4.78 is 6.19. The van der Waals surface area contributed by atoms with Crippen molar-refractivity contribution in [1.82, 2.24) is 10.3 Å². The van der Waals surface area contributed by atoms with Gasteiger partial charge < -0.3 is 10.1 Å². The molecule has 1 aromatic rings. The van der Waals surface area contributed by atoms with Crippen LogP contribution in [0.2, 0.25) is 0 Å². The zero-order valence-electron chi connectivity index (χ0n) is 12.9. The van der Waals surface area contributed by atoms with Crippen LogP contribution in [0.25, 0.3) is 0 Å². The Kier molecular flexibility index (Phi) is 3.80. The fourth-order valence-electron chi connectivity index (χ4n) is 3.85. The van der Waals surface area contributed by atoms with Crippen LogP contribution in [0.3, 0.4) is 0 Å². The first kappa shape index (κ1) is 14.2. The summed E-state index contributed by atoms with van der Waals surface area (Å²) in [5.74, 6) is 0.844. The lowest BCUT2D eigenvalue weighted by molar-refractivity contribution is 0.0265. The molecule has 1 saturated heterocycles. The maximum absolute atomic E-state index is 6.19. The molecule has 2 atom stereocenters. The van der Waals surface area contributed by atoms with E-state index >= 15 is 0 Å². The molecule has 21 heavy (non-hydrogen) atoms. The molecule has 1 aliphatic heterocycles. The maximum Gasteiger partial charge on any atom is 0.0797 e. The number of hydrogen-bond acceptors (Lipinski definition) is 4. The van der Waals surface area contributed by atoms with Gasteiger partial charge in [0.05, 0.1) is 17.3 Å². The van der Waals surface area contributed by atoms with Crippen LogP contribution in [0.4, 0.5) is 0 Å². The molecule has 2 aliphatic carbocycles. The predicted octanol–water partition coefficient (Wildman–Crippen LogP) is 3.32. The highest BCUT2D eigenvalue weighted by Crippen LogP contribution is 2.50. The van der Waals surface area contributed by atoms with Crippen LogP contribution in [-0.2, 0) is 11.2 Å². The minimum atomic E-state index is 0.375. The molecule has 0 spiro atoms. The van der Waals surface area contributed by atoms with Gasteiger partial charge in [0, 0.05) is 29.5 Å². The van der Waals surface area contributed by atoms with E-state index in [1.54, 1.807) is 0 Å². The lowest BCUT2D eigenvalue weighted by Crippen LogP contribution is -2.43. The molecule has 2 unspecified atom stereocenters. The summed E-state index contributed by atoms with van der Waals surface area (Å²) in [5.41, 5.74) is 3.59. The second-order valence-electron chi connectivity index (χ2n) is 7.26. The van der Waals surface area contributed by atoms with Crippen molar-refractivity contribution in [3.05, 3.63) is 16.1 Å². The highest BCUT2D eigenvalue weighted by atomic mass is 32.1. The van der Waals surface area contributed by atoms with Crippen LogP contribution < -0.4 is 5.32 Å². The van der Waals surface area contributed by atoms with Gasteiger partial charge in [0.2, 0.25) is 0 Å². The molecule has 3 fully saturated rings. The Labute approximate surface area is 131 Å². The maximum atomic E-state index is 6.19. The SMILES string of the molecule is Cc1ncsc1CCC1(CNC2CC2)CCOC1C1CC1. The Morgan fingerprint density at radius 3 is 2.90 bits per heavy atom. The van der Waals surface area contributed by atoms with Crippen LogP contribution in [0.5, 0.6) is 0 Å². The molecular weight excluding hydrogens is 280 g/mol. The highest BCUT2D eigenvalue weighted by molar-refractivity contribution is 7.09. The second-order valence-corrected chi connectivity index (χ2v) is 8.20. The normalized spacial score (nSPS) is 32.7. The van der Waals surface area contributed by atoms with E-state index in [4.69, 9.17) is 4.74 Å². The first-order chi connectivity index (χ1) is 10.3. The number of rotatable bonds is 7. The third-order valence-corrected chi connectivity index (χ3v) is 6.56. The largest absolute Gasteiger partial charge is 0.377 e. The first-order valence-corrected chi connectivity index (χ1v) is 9.39. The van der Waals surface area contributed by atoms with Crippen molar-refractivity contribution in [2.45, 2.75) is 64.0 Å². The molecule has 4 heteroatoms. The molecule has 0 amide bonds. The van der Waals surface area contributed by atoms with Gasteiger partial charge in [-0.2, -0.15) is 0 Å². The number of aromatic nitrogens is 1. The molecule has 0 aromatic carbocycles. The smallest absolute Gasteiger partial charge is 0.0797 e. The van der Waals surface area contributed by atoms with E-state index in [0.717, 1.165) is 25.1 Å². The Hall–Kier alpha value is -0.450. The van der Waals surface area contributed by atoms with Crippen LogP contribution >= 0.6 is 11.3 Å². The van der Waals surface area contributed by atoms with Crippen molar-refractivity contribution < 1.29 is 4.74 Å². The van der Waals surface area contributed by atoms with Crippen LogP contribution in [0.1, 0.15) is 49.1 Å². The standard InChI is InChI=1S/C17H26N2OS/c1-12-15(21-11-19-12)6-7-17(10-18-14-4-5-14)8-9-20-16(17)13-2-3-13/h11,13-14,16,18H,2-10H2,1H3. The quantitative estimate of drug-likeness (QED) is 0.839. The molecule has 3 nitrogen and oxygen atoms in total. The van der Waals surface area contributed by atoms with E-state index in [9.17, 15) is 0 Å². The number of hydrogen-bond donors (Lipinski definition) is 1. The number of nitrogens with one attached hydrogen (secondary N) is 1. The topological polar surface area (TPSA) is 34.2 Å². The number of thiazole rings is 1. The second kappa shape index (κ2) is 5.64. The zero-order valence-corrected chi connectivity index (χ0v) is 13.8. The fraction of sp³-hybridized carbons (Fsp3) is 0.824. The van der Waals surface area contributed by atoms with Gasteiger partial charge >= 0.3 is 0 Å². The monoisotopic (exact) mass is 306 g/mol. The summed E-state index contributed by atoms with van der Waals surface area (Å²) in [4.78, 5) is 5.88. The van der Waals surface area contributed by atoms with Crippen molar-refractivity contribution in [2.75, 3.05) is 13.2 Å². The summed E-state index contributed by atoms with van der Waals surface area (Å²) >= 11 is 1.82. The van der Waals surface area contributed by atoms with Crippen LogP contribution in [-0.4, -0.2) is 30.3 Å². The molecule has 116 valence electrons. The minimum Gasteiger partial charge on any atom is -0.377 e. The predicted molar refractivity (Wildman–Crippen MR) is 85.7 cm³/mol. The number of nitrogens with zero attached hydrogens (tertiary/aromatic N) is 1. The molecule has 4 rings (SSSR count). The summed E-state index contributed by atoms with van der Waals surface area (Å²) in [5, 5.41) is 3.80. The first-order valence-electron chi connectivity index (χ1n) is 8.51. The van der Waals surface area contributed by atoms with Crippen molar-refractivity contribution in [1.29, 1.82) is 0 Å². The molecule has 2 saturated carbocycles. The van der Waals surface area contributed by atoms with Crippen molar-refractivity contribution in [3.63, 3.8) is 0 Å².